The van der Waals surface area contributed by atoms with E-state index in [1.807, 2.05) is 6.92 Å². The Labute approximate surface area is 186 Å². The fraction of sp³-hybridized carbons (Fsp3) is 0.905. The zero-order chi connectivity index (χ0) is 23.6. The number of nitrogens with zero attached hydrogens (tertiary/aromatic N) is 1. The molecule has 2 aliphatic carbocycles. The molecule has 2 fully saturated rings. The summed E-state index contributed by atoms with van der Waals surface area (Å²) in [7, 11) is -4.43. The molecule has 2 saturated carbocycles. The Hall–Kier alpha value is -1.23. The lowest BCUT2D eigenvalue weighted by atomic mass is 9.69. The minimum Gasteiger partial charge on any atom is -0.480 e. The Morgan fingerprint density at radius 2 is 1.84 bits per heavy atom. The number of carbonyl (C=O) groups is 2. The van der Waals surface area contributed by atoms with Crippen molar-refractivity contribution in [1.82, 2.24) is 9.62 Å². The van der Waals surface area contributed by atoms with Crippen LogP contribution in [0.2, 0.25) is 0 Å². The van der Waals surface area contributed by atoms with E-state index >= 15 is 0 Å². The number of carbonyl (C=O) groups excluding carboxylic acids is 1. The number of nitrogens with two attached hydrogens (primary N) is 2. The minimum atomic E-state index is -4.43. The van der Waals surface area contributed by atoms with Gasteiger partial charge in [-0.25, -0.2) is 5.14 Å². The van der Waals surface area contributed by atoms with Gasteiger partial charge in [0.15, 0.2) is 0 Å². The molecule has 6 N–H and O–H groups in total. The molecule has 0 aromatic carbocycles. The Bertz CT molecular complexity index is 772. The molecular formula is C21H40N4O5S. The zero-order valence-corrected chi connectivity index (χ0v) is 20.1. The Morgan fingerprint density at radius 1 is 1.19 bits per heavy atom. The minimum absolute atomic E-state index is 0.0483. The molecule has 1 amide bonds. The van der Waals surface area contributed by atoms with Crippen LogP contribution < -0.4 is 16.2 Å². The zero-order valence-electron chi connectivity index (χ0n) is 19.3. The summed E-state index contributed by atoms with van der Waals surface area (Å²) in [6, 6.07) is -2.64. The lowest BCUT2D eigenvalue weighted by molar-refractivity contribution is -0.143. The van der Waals surface area contributed by atoms with E-state index in [2.05, 4.69) is 26.1 Å². The van der Waals surface area contributed by atoms with Gasteiger partial charge in [0.2, 0.25) is 5.91 Å². The van der Waals surface area contributed by atoms with E-state index in [1.54, 1.807) is 0 Å². The van der Waals surface area contributed by atoms with Crippen LogP contribution in [0.4, 0.5) is 0 Å². The monoisotopic (exact) mass is 460 g/mol. The van der Waals surface area contributed by atoms with E-state index in [0.717, 1.165) is 19.3 Å². The van der Waals surface area contributed by atoms with E-state index < -0.39 is 34.2 Å². The fourth-order valence-corrected chi connectivity index (χ4v) is 6.86. The van der Waals surface area contributed by atoms with E-state index in [-0.39, 0.29) is 29.7 Å². The third kappa shape index (κ3) is 5.07. The summed E-state index contributed by atoms with van der Waals surface area (Å²) in [6.07, 6.45) is 4.72. The van der Waals surface area contributed by atoms with Crippen molar-refractivity contribution >= 4 is 22.1 Å². The summed E-state index contributed by atoms with van der Waals surface area (Å²) in [6.45, 7) is 8.85. The first-order valence-electron chi connectivity index (χ1n) is 11.4. The first kappa shape index (κ1) is 26.0. The average molecular weight is 461 g/mol. The Balaban J connectivity index is 2.31. The molecule has 0 unspecified atom stereocenters. The van der Waals surface area contributed by atoms with Crippen molar-refractivity contribution in [2.24, 2.45) is 27.6 Å². The summed E-state index contributed by atoms with van der Waals surface area (Å²) >= 11 is 0. The molecule has 0 spiro atoms. The second-order valence-corrected chi connectivity index (χ2v) is 11.4. The first-order chi connectivity index (χ1) is 14.3. The van der Waals surface area contributed by atoms with Gasteiger partial charge in [-0.05, 0) is 68.2 Å². The molecule has 0 saturated heterocycles. The van der Waals surface area contributed by atoms with Gasteiger partial charge in [-0.1, -0.05) is 34.1 Å². The largest absolute Gasteiger partial charge is 0.480 e. The van der Waals surface area contributed by atoms with Crippen LogP contribution in [0.3, 0.4) is 0 Å². The van der Waals surface area contributed by atoms with E-state index in [0.29, 0.717) is 36.0 Å². The van der Waals surface area contributed by atoms with Gasteiger partial charge in [0.05, 0.1) is 0 Å². The van der Waals surface area contributed by atoms with Crippen molar-refractivity contribution < 1.29 is 23.1 Å². The van der Waals surface area contributed by atoms with Crippen LogP contribution in [0.5, 0.6) is 0 Å². The third-order valence-electron chi connectivity index (χ3n) is 8.10. The maximum absolute atomic E-state index is 13.4. The molecule has 10 heteroatoms. The number of carboxylic acids is 1. The van der Waals surface area contributed by atoms with Crippen molar-refractivity contribution in [3.63, 3.8) is 0 Å². The number of amides is 1. The lowest BCUT2D eigenvalue weighted by Crippen LogP contribution is -2.60. The van der Waals surface area contributed by atoms with Gasteiger partial charge >= 0.3 is 5.97 Å². The summed E-state index contributed by atoms with van der Waals surface area (Å²) in [5.41, 5.74) is 5.50. The normalized spacial score (nSPS) is 29.1. The number of carboxylic acid groups (broad SMARTS) is 1. The SMILES string of the molecule is CCC[C@@H](C(=O)N[C@H]1C[C@H]2CC[C@]1(C)C2(C)C)N([C@@H](CCCCN)C(=O)O)S(N)(=O)=O. The van der Waals surface area contributed by atoms with Gasteiger partial charge in [-0.15, -0.1) is 0 Å². The number of rotatable bonds is 12. The van der Waals surface area contributed by atoms with Crippen molar-refractivity contribution in [3.05, 3.63) is 0 Å². The number of unbranched alkanes of at least 4 members (excludes halogenated alkanes) is 1. The predicted molar refractivity (Wildman–Crippen MR) is 119 cm³/mol. The highest BCUT2D eigenvalue weighted by molar-refractivity contribution is 7.86. The van der Waals surface area contributed by atoms with Crippen LogP contribution in [0.25, 0.3) is 0 Å². The summed E-state index contributed by atoms with van der Waals surface area (Å²) in [4.78, 5) is 25.4. The molecular weight excluding hydrogens is 420 g/mol. The molecule has 9 nitrogen and oxygen atoms in total. The maximum atomic E-state index is 13.4. The standard InChI is InChI=1S/C21H40N4O5S/c1-5-8-15(25(31(23,29)30)16(19(27)28)9-6-7-12-22)18(26)24-17-13-14-10-11-21(17,4)20(14,2)3/h14-17H,5-13,22H2,1-4H3,(H,24,26)(H,27,28)(H2,23,29,30)/t14-,15+,16+,17+,21+/m1/s1. The Kier molecular flexibility index (Phi) is 8.16. The maximum Gasteiger partial charge on any atom is 0.322 e. The predicted octanol–water partition coefficient (Wildman–Crippen LogP) is 1.57. The molecule has 0 heterocycles. The van der Waals surface area contributed by atoms with E-state index in [9.17, 15) is 23.1 Å². The highest BCUT2D eigenvalue weighted by atomic mass is 32.2. The van der Waals surface area contributed by atoms with Crippen LogP contribution in [0.1, 0.15) is 79.1 Å². The molecule has 180 valence electrons. The molecule has 0 aromatic rings. The fourth-order valence-electron chi connectivity index (χ4n) is 5.75. The summed E-state index contributed by atoms with van der Waals surface area (Å²) in [5.74, 6) is -1.27. The van der Waals surface area contributed by atoms with Gasteiger partial charge in [-0.2, -0.15) is 12.7 Å². The number of hydrogen-bond acceptors (Lipinski definition) is 5. The van der Waals surface area contributed by atoms with Crippen molar-refractivity contribution in [3.8, 4) is 0 Å². The van der Waals surface area contributed by atoms with Gasteiger partial charge in [0, 0.05) is 6.04 Å². The summed E-state index contributed by atoms with van der Waals surface area (Å²) < 4.78 is 25.7. The molecule has 0 aromatic heterocycles. The van der Waals surface area contributed by atoms with Crippen LogP contribution in [-0.4, -0.2) is 54.4 Å². The van der Waals surface area contributed by atoms with Crippen molar-refractivity contribution in [2.75, 3.05) is 6.54 Å². The van der Waals surface area contributed by atoms with Crippen LogP contribution >= 0.6 is 0 Å². The van der Waals surface area contributed by atoms with Crippen molar-refractivity contribution in [1.29, 1.82) is 0 Å². The lowest BCUT2D eigenvalue weighted by Gasteiger charge is -2.40. The molecule has 31 heavy (non-hydrogen) atoms. The summed E-state index contributed by atoms with van der Waals surface area (Å²) in [5, 5.41) is 18.3. The van der Waals surface area contributed by atoms with Gasteiger partial charge in [0.25, 0.3) is 10.2 Å². The highest BCUT2D eigenvalue weighted by Crippen LogP contribution is 2.65. The molecule has 2 aliphatic rings. The van der Waals surface area contributed by atoms with Crippen molar-refractivity contribution in [2.45, 2.75) is 97.2 Å². The van der Waals surface area contributed by atoms with Gasteiger partial charge in [0.1, 0.15) is 12.1 Å². The number of aliphatic carboxylic acids is 1. The highest BCUT2D eigenvalue weighted by Gasteiger charge is 2.61. The number of hydrogen-bond donors (Lipinski definition) is 4. The smallest absolute Gasteiger partial charge is 0.322 e. The quantitative estimate of drug-likeness (QED) is 0.324. The van der Waals surface area contributed by atoms with Gasteiger partial charge in [-0.3, -0.25) is 9.59 Å². The second-order valence-electron chi connectivity index (χ2n) is 9.99. The van der Waals surface area contributed by atoms with E-state index in [1.165, 1.54) is 0 Å². The topological polar surface area (TPSA) is 156 Å². The number of fused-ring (bicyclic) bond motifs is 2. The first-order valence-corrected chi connectivity index (χ1v) is 12.9. The molecule has 2 bridgehead atoms. The van der Waals surface area contributed by atoms with E-state index in [4.69, 9.17) is 10.9 Å². The second kappa shape index (κ2) is 9.72. The molecule has 2 rings (SSSR count). The number of nitrogens with one attached hydrogen (secondary N) is 1. The molecule has 5 atom stereocenters. The molecule has 0 aliphatic heterocycles. The third-order valence-corrected chi connectivity index (χ3v) is 9.20. The van der Waals surface area contributed by atoms with Crippen LogP contribution in [-0.2, 0) is 19.8 Å². The van der Waals surface area contributed by atoms with Crippen LogP contribution in [0.15, 0.2) is 0 Å². The van der Waals surface area contributed by atoms with Crippen LogP contribution in [0, 0.1) is 16.7 Å². The average Bonchev–Trinajstić information content (AvgIpc) is 2.98. The Morgan fingerprint density at radius 3 is 2.26 bits per heavy atom. The molecule has 0 radical (unpaired) electrons. The van der Waals surface area contributed by atoms with Gasteiger partial charge < -0.3 is 16.2 Å².